The van der Waals surface area contributed by atoms with E-state index in [9.17, 15) is 0 Å². The first-order chi connectivity index (χ1) is 9.78. The van der Waals surface area contributed by atoms with Gasteiger partial charge in [-0.15, -0.1) is 6.42 Å². The van der Waals surface area contributed by atoms with Gasteiger partial charge in [-0.3, -0.25) is 4.90 Å². The van der Waals surface area contributed by atoms with Crippen LogP contribution in [0.3, 0.4) is 0 Å². The zero-order chi connectivity index (χ0) is 13.9. The van der Waals surface area contributed by atoms with E-state index < -0.39 is 0 Å². The van der Waals surface area contributed by atoms with Gasteiger partial charge in [0.2, 0.25) is 0 Å². The number of piperidine rings is 1. The van der Waals surface area contributed by atoms with Gasteiger partial charge in [0.1, 0.15) is 0 Å². The number of hydrogen-bond acceptors (Lipinski definition) is 2. The lowest BCUT2D eigenvalue weighted by Gasteiger charge is -2.38. The molecule has 2 unspecified atom stereocenters. The maximum Gasteiger partial charge on any atom is 0.0800 e. The Morgan fingerprint density at radius 2 is 1.90 bits per heavy atom. The van der Waals surface area contributed by atoms with Crippen molar-refractivity contribution in [3.8, 4) is 12.3 Å². The van der Waals surface area contributed by atoms with E-state index >= 15 is 0 Å². The van der Waals surface area contributed by atoms with Crippen molar-refractivity contribution < 1.29 is 4.74 Å². The van der Waals surface area contributed by atoms with Crippen LogP contribution in [0.1, 0.15) is 44.3 Å². The summed E-state index contributed by atoms with van der Waals surface area (Å²) in [5.41, 5.74) is 1.27. The Bertz CT molecular complexity index is 464. The summed E-state index contributed by atoms with van der Waals surface area (Å²) >= 11 is 0. The van der Waals surface area contributed by atoms with Crippen molar-refractivity contribution in [2.24, 2.45) is 0 Å². The van der Waals surface area contributed by atoms with Crippen LogP contribution in [0.4, 0.5) is 0 Å². The number of hydrogen-bond donors (Lipinski definition) is 0. The molecule has 2 aliphatic rings. The number of ether oxygens (including phenoxy) is 1. The number of rotatable bonds is 4. The molecule has 0 radical (unpaired) electrons. The van der Waals surface area contributed by atoms with Gasteiger partial charge in [0.05, 0.1) is 18.8 Å². The topological polar surface area (TPSA) is 12.5 Å². The monoisotopic (exact) mass is 269 g/mol. The summed E-state index contributed by atoms with van der Waals surface area (Å²) in [7, 11) is 0. The number of fused-ring (bicyclic) bond motifs is 2. The molecule has 2 heteroatoms. The fourth-order valence-electron chi connectivity index (χ4n) is 3.79. The maximum absolute atomic E-state index is 6.31. The van der Waals surface area contributed by atoms with E-state index in [1.165, 1.54) is 18.4 Å². The van der Waals surface area contributed by atoms with Crippen molar-refractivity contribution in [3.05, 3.63) is 35.9 Å². The first-order valence-corrected chi connectivity index (χ1v) is 7.67. The molecule has 1 aromatic carbocycles. The van der Waals surface area contributed by atoms with Gasteiger partial charge in [-0.1, -0.05) is 36.3 Å². The Kier molecular flexibility index (Phi) is 4.10. The van der Waals surface area contributed by atoms with Gasteiger partial charge < -0.3 is 4.74 Å². The van der Waals surface area contributed by atoms with Crippen LogP contribution in [0.2, 0.25) is 0 Å². The average molecular weight is 269 g/mol. The Hall–Kier alpha value is -1.30. The van der Waals surface area contributed by atoms with Crippen molar-refractivity contribution in [2.75, 3.05) is 6.54 Å². The molecule has 0 amide bonds. The van der Waals surface area contributed by atoms with E-state index in [0.29, 0.717) is 18.2 Å². The molecular weight excluding hydrogens is 246 g/mol. The van der Waals surface area contributed by atoms with Gasteiger partial charge in [0.15, 0.2) is 0 Å². The molecule has 106 valence electrons. The van der Waals surface area contributed by atoms with Gasteiger partial charge in [-0.2, -0.15) is 0 Å². The normalized spacial score (nSPS) is 30.9. The van der Waals surface area contributed by atoms with Gasteiger partial charge in [-0.25, -0.2) is 0 Å². The molecule has 2 aliphatic heterocycles. The lowest BCUT2D eigenvalue weighted by atomic mass is 9.99. The highest BCUT2D eigenvalue weighted by molar-refractivity contribution is 5.17. The van der Waals surface area contributed by atoms with Crippen LogP contribution in [-0.4, -0.2) is 29.6 Å². The highest BCUT2D eigenvalue weighted by Gasteiger charge is 2.40. The van der Waals surface area contributed by atoms with Crippen LogP contribution >= 0.6 is 0 Å². The van der Waals surface area contributed by atoms with E-state index in [4.69, 9.17) is 11.2 Å². The highest BCUT2D eigenvalue weighted by Crippen LogP contribution is 2.38. The minimum Gasteiger partial charge on any atom is -0.370 e. The molecule has 2 heterocycles. The number of terminal acetylenes is 1. The zero-order valence-electron chi connectivity index (χ0n) is 12.2. The fraction of sp³-hybridized carbons (Fsp3) is 0.556. The van der Waals surface area contributed by atoms with Gasteiger partial charge in [0, 0.05) is 12.1 Å². The van der Waals surface area contributed by atoms with Crippen molar-refractivity contribution in [1.29, 1.82) is 0 Å². The van der Waals surface area contributed by atoms with Gasteiger partial charge in [-0.05, 0) is 38.2 Å². The summed E-state index contributed by atoms with van der Waals surface area (Å²) in [4.78, 5) is 2.51. The summed E-state index contributed by atoms with van der Waals surface area (Å²) in [6.07, 6.45) is 10.9. The van der Waals surface area contributed by atoms with Crippen LogP contribution < -0.4 is 0 Å². The minimum absolute atomic E-state index is 0.180. The molecule has 2 fully saturated rings. The second kappa shape index (κ2) is 5.99. The Labute approximate surface area is 122 Å². The predicted octanol–water partition coefficient (Wildman–Crippen LogP) is 3.39. The lowest BCUT2D eigenvalue weighted by molar-refractivity contribution is -0.0531. The van der Waals surface area contributed by atoms with Crippen LogP contribution in [0, 0.1) is 12.3 Å². The minimum atomic E-state index is 0.180. The fourth-order valence-corrected chi connectivity index (χ4v) is 3.79. The molecule has 4 atom stereocenters. The molecule has 0 N–H and O–H groups in total. The largest absolute Gasteiger partial charge is 0.370 e. The molecule has 0 saturated carbocycles. The molecule has 2 nitrogen and oxygen atoms in total. The summed E-state index contributed by atoms with van der Waals surface area (Å²) in [5.74, 6) is 2.80. The first kappa shape index (κ1) is 13.7. The third-order valence-corrected chi connectivity index (χ3v) is 4.78. The van der Waals surface area contributed by atoms with Crippen molar-refractivity contribution in [3.63, 3.8) is 0 Å². The molecule has 0 aromatic heterocycles. The molecular formula is C18H23NO. The van der Waals surface area contributed by atoms with E-state index in [0.717, 1.165) is 19.4 Å². The smallest absolute Gasteiger partial charge is 0.0800 e. The third kappa shape index (κ3) is 2.75. The molecule has 20 heavy (non-hydrogen) atoms. The van der Waals surface area contributed by atoms with Gasteiger partial charge in [0.25, 0.3) is 0 Å². The summed E-state index contributed by atoms with van der Waals surface area (Å²) in [5, 5.41) is 0. The SMILES string of the molecule is C#CCN1[C@@H]2CC[C@H]1CC(OC(C)c1ccccc1)C2. The van der Waals surface area contributed by atoms with Crippen molar-refractivity contribution in [2.45, 2.75) is 56.9 Å². The van der Waals surface area contributed by atoms with E-state index in [1.54, 1.807) is 0 Å². The van der Waals surface area contributed by atoms with Crippen LogP contribution in [0.25, 0.3) is 0 Å². The predicted molar refractivity (Wildman–Crippen MR) is 81.3 cm³/mol. The van der Waals surface area contributed by atoms with Crippen molar-refractivity contribution >= 4 is 0 Å². The van der Waals surface area contributed by atoms with Crippen LogP contribution in [0.15, 0.2) is 30.3 Å². The first-order valence-electron chi connectivity index (χ1n) is 7.67. The van der Waals surface area contributed by atoms with E-state index in [1.807, 2.05) is 0 Å². The molecule has 2 bridgehead atoms. The summed E-state index contributed by atoms with van der Waals surface area (Å²) in [6, 6.07) is 11.8. The molecule has 0 spiro atoms. The second-order valence-corrected chi connectivity index (χ2v) is 6.04. The van der Waals surface area contributed by atoms with Crippen molar-refractivity contribution in [1.82, 2.24) is 4.90 Å². The summed E-state index contributed by atoms with van der Waals surface area (Å²) < 4.78 is 6.31. The maximum atomic E-state index is 6.31. The average Bonchev–Trinajstić information content (AvgIpc) is 2.71. The molecule has 1 aromatic rings. The van der Waals surface area contributed by atoms with E-state index in [-0.39, 0.29) is 6.10 Å². The molecule has 3 rings (SSSR count). The second-order valence-electron chi connectivity index (χ2n) is 6.04. The zero-order valence-corrected chi connectivity index (χ0v) is 12.2. The Morgan fingerprint density at radius 3 is 2.50 bits per heavy atom. The molecule has 2 saturated heterocycles. The van der Waals surface area contributed by atoms with E-state index in [2.05, 4.69) is 48.1 Å². The van der Waals surface area contributed by atoms with Crippen LogP contribution in [0.5, 0.6) is 0 Å². The Balaban J connectivity index is 1.60. The Morgan fingerprint density at radius 1 is 1.25 bits per heavy atom. The number of nitrogens with zero attached hydrogens (tertiary/aromatic N) is 1. The summed E-state index contributed by atoms with van der Waals surface area (Å²) in [6.45, 7) is 2.96. The lowest BCUT2D eigenvalue weighted by Crippen LogP contribution is -2.45. The standard InChI is InChI=1S/C18H23NO/c1-3-11-19-16-9-10-17(19)13-18(12-16)20-14(2)15-7-5-4-6-8-15/h1,4-8,14,16-18H,9-13H2,2H3/t14?,16-,17+,18?. The highest BCUT2D eigenvalue weighted by atomic mass is 16.5. The van der Waals surface area contributed by atoms with Crippen LogP contribution in [-0.2, 0) is 4.74 Å². The van der Waals surface area contributed by atoms with Gasteiger partial charge >= 0.3 is 0 Å². The quantitative estimate of drug-likeness (QED) is 0.777. The molecule has 0 aliphatic carbocycles. The third-order valence-electron chi connectivity index (χ3n) is 4.78. The number of benzene rings is 1.